The van der Waals surface area contributed by atoms with Crippen molar-refractivity contribution in [3.05, 3.63) is 34.1 Å². The van der Waals surface area contributed by atoms with Crippen molar-refractivity contribution >= 4 is 11.4 Å². The van der Waals surface area contributed by atoms with Gasteiger partial charge in [0.15, 0.2) is 0 Å². The minimum absolute atomic E-state index is 0.183. The summed E-state index contributed by atoms with van der Waals surface area (Å²) in [4.78, 5) is 10.4. The number of anilines is 1. The topological polar surface area (TPSA) is 55.2 Å². The van der Waals surface area contributed by atoms with Crippen LogP contribution in [0.2, 0.25) is 0 Å². The van der Waals surface area contributed by atoms with Crippen molar-refractivity contribution in [1.82, 2.24) is 0 Å². The van der Waals surface area contributed by atoms with E-state index in [9.17, 15) is 14.5 Å². The van der Waals surface area contributed by atoms with Crippen molar-refractivity contribution in [3.63, 3.8) is 0 Å². The number of benzene rings is 1. The zero-order valence-electron chi connectivity index (χ0n) is 11.1. The Morgan fingerprint density at radius 1 is 1.32 bits per heavy atom. The fourth-order valence-corrected chi connectivity index (χ4v) is 2.63. The molecule has 2 atom stereocenters. The van der Waals surface area contributed by atoms with Crippen LogP contribution in [0.1, 0.15) is 39.0 Å². The Hall–Kier alpha value is -1.65. The highest BCUT2D eigenvalue weighted by molar-refractivity contribution is 5.61. The summed E-state index contributed by atoms with van der Waals surface area (Å²) in [7, 11) is 0. The molecular formula is C14H19FN2O2. The first-order chi connectivity index (χ1) is 9.06. The third kappa shape index (κ3) is 3.66. The second kappa shape index (κ2) is 5.99. The van der Waals surface area contributed by atoms with E-state index in [1.165, 1.54) is 18.6 Å². The Morgan fingerprint density at radius 3 is 2.84 bits per heavy atom. The fourth-order valence-electron chi connectivity index (χ4n) is 2.63. The molecule has 1 aromatic carbocycles. The van der Waals surface area contributed by atoms with Crippen LogP contribution in [0, 0.1) is 21.8 Å². The maximum Gasteiger partial charge on any atom is 0.295 e. The number of halogens is 1. The predicted octanol–water partition coefficient (Wildman–Crippen LogP) is 4.11. The van der Waals surface area contributed by atoms with Gasteiger partial charge in [-0.1, -0.05) is 19.8 Å². The van der Waals surface area contributed by atoms with Crippen molar-refractivity contribution in [2.75, 3.05) is 5.32 Å². The maximum atomic E-state index is 13.1. The summed E-state index contributed by atoms with van der Waals surface area (Å²) in [6.07, 6.45) is 5.50. The van der Waals surface area contributed by atoms with Crippen LogP contribution >= 0.6 is 0 Å². The summed E-state index contributed by atoms with van der Waals surface area (Å²) in [5.74, 6) is 0.141. The molecule has 0 aromatic heterocycles. The molecule has 1 aliphatic rings. The Labute approximate surface area is 112 Å². The minimum atomic E-state index is -0.577. The van der Waals surface area contributed by atoms with Crippen molar-refractivity contribution in [2.24, 2.45) is 5.92 Å². The van der Waals surface area contributed by atoms with E-state index in [1.807, 2.05) is 0 Å². The van der Waals surface area contributed by atoms with E-state index >= 15 is 0 Å². The van der Waals surface area contributed by atoms with Gasteiger partial charge in [-0.25, -0.2) is 4.39 Å². The third-order valence-electron chi connectivity index (χ3n) is 3.77. The monoisotopic (exact) mass is 266 g/mol. The lowest BCUT2D eigenvalue weighted by Crippen LogP contribution is -2.19. The lowest BCUT2D eigenvalue weighted by atomic mass is 10.0. The number of nitro benzene ring substituents is 1. The predicted molar refractivity (Wildman–Crippen MR) is 72.7 cm³/mol. The van der Waals surface area contributed by atoms with Crippen LogP contribution in [0.5, 0.6) is 0 Å². The second-order valence-corrected chi connectivity index (χ2v) is 5.37. The Balaban J connectivity index is 2.12. The summed E-state index contributed by atoms with van der Waals surface area (Å²) in [6, 6.07) is 3.94. The quantitative estimate of drug-likeness (QED) is 0.508. The standard InChI is InChI=1S/C14H19FN2O2/c1-10-3-2-4-12(7-5-10)16-13-8-6-11(15)9-14(13)17(18)19/h6,8-10,12,16H,2-5,7H2,1H3. The lowest BCUT2D eigenvalue weighted by molar-refractivity contribution is -0.384. The molecule has 2 unspecified atom stereocenters. The van der Waals surface area contributed by atoms with Gasteiger partial charge in [0.1, 0.15) is 11.5 Å². The summed E-state index contributed by atoms with van der Waals surface area (Å²) in [5.41, 5.74) is 0.239. The van der Waals surface area contributed by atoms with Crippen molar-refractivity contribution in [2.45, 2.75) is 45.1 Å². The molecule has 1 aliphatic carbocycles. The molecule has 4 nitrogen and oxygen atoms in total. The number of nitrogens with zero attached hydrogens (tertiary/aromatic N) is 1. The van der Waals surface area contributed by atoms with Crippen LogP contribution in [0.4, 0.5) is 15.8 Å². The van der Waals surface area contributed by atoms with Gasteiger partial charge in [-0.3, -0.25) is 10.1 Å². The molecule has 0 bridgehead atoms. The molecule has 1 N–H and O–H groups in total. The van der Waals surface area contributed by atoms with Crippen LogP contribution in [0.3, 0.4) is 0 Å². The molecule has 0 heterocycles. The SMILES string of the molecule is CC1CCCC(Nc2ccc(F)cc2[N+](=O)[O-])CC1. The smallest absolute Gasteiger partial charge is 0.295 e. The molecule has 1 aromatic rings. The number of nitro groups is 1. The van der Waals surface area contributed by atoms with Crippen LogP contribution < -0.4 is 5.32 Å². The molecule has 104 valence electrons. The summed E-state index contributed by atoms with van der Waals surface area (Å²) >= 11 is 0. The number of hydrogen-bond acceptors (Lipinski definition) is 3. The van der Waals surface area contributed by atoms with E-state index in [4.69, 9.17) is 0 Å². The van der Waals surface area contributed by atoms with Gasteiger partial charge in [0.2, 0.25) is 0 Å². The lowest BCUT2D eigenvalue weighted by Gasteiger charge is -2.17. The van der Waals surface area contributed by atoms with Gasteiger partial charge in [-0.05, 0) is 37.3 Å². The molecule has 0 aliphatic heterocycles. The van der Waals surface area contributed by atoms with Crippen molar-refractivity contribution in [1.29, 1.82) is 0 Å². The highest BCUT2D eigenvalue weighted by Gasteiger charge is 2.20. The van der Waals surface area contributed by atoms with Crippen molar-refractivity contribution < 1.29 is 9.31 Å². The van der Waals surface area contributed by atoms with E-state index in [-0.39, 0.29) is 11.7 Å². The van der Waals surface area contributed by atoms with E-state index in [1.54, 1.807) is 0 Å². The van der Waals surface area contributed by atoms with Crippen LogP contribution in [-0.2, 0) is 0 Å². The van der Waals surface area contributed by atoms with Crippen LogP contribution in [0.25, 0.3) is 0 Å². The first kappa shape index (κ1) is 13.8. The van der Waals surface area contributed by atoms with Gasteiger partial charge in [0.05, 0.1) is 11.0 Å². The third-order valence-corrected chi connectivity index (χ3v) is 3.77. The van der Waals surface area contributed by atoms with E-state index < -0.39 is 10.7 Å². The first-order valence-corrected chi connectivity index (χ1v) is 6.76. The minimum Gasteiger partial charge on any atom is -0.377 e. The fraction of sp³-hybridized carbons (Fsp3) is 0.571. The highest BCUT2D eigenvalue weighted by atomic mass is 19.1. The molecular weight excluding hydrogens is 247 g/mol. The molecule has 1 saturated carbocycles. The van der Waals surface area contributed by atoms with E-state index in [0.29, 0.717) is 5.69 Å². The summed E-state index contributed by atoms with van der Waals surface area (Å²) < 4.78 is 13.1. The van der Waals surface area contributed by atoms with Gasteiger partial charge < -0.3 is 5.32 Å². The van der Waals surface area contributed by atoms with Gasteiger partial charge in [0.25, 0.3) is 5.69 Å². The normalized spacial score (nSPS) is 23.7. The van der Waals surface area contributed by atoms with Gasteiger partial charge in [0, 0.05) is 6.04 Å². The first-order valence-electron chi connectivity index (χ1n) is 6.76. The molecule has 0 spiro atoms. The molecule has 1 fully saturated rings. The van der Waals surface area contributed by atoms with Gasteiger partial charge in [-0.2, -0.15) is 0 Å². The Morgan fingerprint density at radius 2 is 2.11 bits per heavy atom. The molecule has 5 heteroatoms. The number of hydrogen-bond donors (Lipinski definition) is 1. The molecule has 2 rings (SSSR count). The maximum absolute atomic E-state index is 13.1. The Bertz CT molecular complexity index is 465. The number of rotatable bonds is 3. The van der Waals surface area contributed by atoms with Gasteiger partial charge in [-0.15, -0.1) is 0 Å². The zero-order chi connectivity index (χ0) is 13.8. The highest BCUT2D eigenvalue weighted by Crippen LogP contribution is 2.29. The average Bonchev–Trinajstić information content (AvgIpc) is 2.56. The molecule has 0 amide bonds. The molecule has 0 radical (unpaired) electrons. The largest absolute Gasteiger partial charge is 0.377 e. The Kier molecular flexibility index (Phi) is 4.35. The van der Waals surface area contributed by atoms with Crippen molar-refractivity contribution in [3.8, 4) is 0 Å². The van der Waals surface area contributed by atoms with E-state index in [0.717, 1.165) is 37.7 Å². The van der Waals surface area contributed by atoms with Gasteiger partial charge >= 0.3 is 0 Å². The molecule has 0 saturated heterocycles. The van der Waals surface area contributed by atoms with E-state index in [2.05, 4.69) is 12.2 Å². The summed E-state index contributed by atoms with van der Waals surface area (Å²) in [6.45, 7) is 2.24. The summed E-state index contributed by atoms with van der Waals surface area (Å²) in [5, 5.41) is 14.1. The second-order valence-electron chi connectivity index (χ2n) is 5.37. The average molecular weight is 266 g/mol. The van der Waals surface area contributed by atoms with Crippen LogP contribution in [0.15, 0.2) is 18.2 Å². The number of nitrogens with one attached hydrogen (secondary N) is 1. The zero-order valence-corrected chi connectivity index (χ0v) is 11.1. The van der Waals surface area contributed by atoms with Crippen LogP contribution in [-0.4, -0.2) is 11.0 Å². The molecule has 19 heavy (non-hydrogen) atoms.